The van der Waals surface area contributed by atoms with Crippen LogP contribution >= 0.6 is 11.8 Å². The van der Waals surface area contributed by atoms with Gasteiger partial charge in [0.2, 0.25) is 5.95 Å². The van der Waals surface area contributed by atoms with Crippen LogP contribution in [0.25, 0.3) is 0 Å². The van der Waals surface area contributed by atoms with Crippen LogP contribution in [0.2, 0.25) is 0 Å². The maximum Gasteiger partial charge on any atom is 0.340 e. The third-order valence-corrected chi connectivity index (χ3v) is 7.09. The van der Waals surface area contributed by atoms with Gasteiger partial charge < -0.3 is 19.0 Å². The largest absolute Gasteiger partial charge is 0.467 e. The van der Waals surface area contributed by atoms with Gasteiger partial charge in [-0.25, -0.2) is 4.79 Å². The van der Waals surface area contributed by atoms with Crippen LogP contribution in [0.3, 0.4) is 0 Å². The number of aromatic nitrogens is 4. The average molecular weight is 486 g/mol. The first kappa shape index (κ1) is 24.1. The fourth-order valence-electron chi connectivity index (χ4n) is 4.32. The van der Waals surface area contributed by atoms with Gasteiger partial charge in [-0.2, -0.15) is 0 Å². The highest BCUT2D eigenvalue weighted by atomic mass is 32.2. The molecule has 0 unspecified atom stereocenters. The second kappa shape index (κ2) is 10.5. The minimum atomic E-state index is -0.486. The molecule has 0 aromatic carbocycles. The van der Waals surface area contributed by atoms with Crippen LogP contribution in [-0.4, -0.2) is 57.0 Å². The molecule has 1 N–H and O–H groups in total. The van der Waals surface area contributed by atoms with Crippen molar-refractivity contribution in [3.63, 3.8) is 0 Å². The summed E-state index contributed by atoms with van der Waals surface area (Å²) in [6.45, 7) is 10.2. The first-order valence-corrected chi connectivity index (χ1v) is 12.6. The second-order valence-corrected chi connectivity index (χ2v) is 9.62. The number of thioether (sulfide) groups is 1. The third-order valence-electron chi connectivity index (χ3n) is 6.12. The van der Waals surface area contributed by atoms with E-state index in [9.17, 15) is 9.59 Å². The predicted octanol–water partition coefficient (Wildman–Crippen LogP) is 4.25. The molecular formula is C24H31N5O4S. The number of Topliss-reactive ketones (excluding diaryl/α,β-unsaturated/α-hetero) is 1. The summed E-state index contributed by atoms with van der Waals surface area (Å²) >= 11 is 1.31. The molecule has 182 valence electrons. The fourth-order valence-corrected chi connectivity index (χ4v) is 5.12. The first-order chi connectivity index (χ1) is 16.4. The number of nitrogens with zero attached hydrogens (tertiary/aromatic N) is 4. The van der Waals surface area contributed by atoms with E-state index < -0.39 is 5.97 Å². The Balaban J connectivity index is 1.56. The number of hydrogen-bond donors (Lipinski definition) is 1. The van der Waals surface area contributed by atoms with Crippen LogP contribution in [0.4, 0.5) is 5.95 Å². The van der Waals surface area contributed by atoms with Gasteiger partial charge in [-0.05, 0) is 51.7 Å². The fraction of sp³-hybridized carbons (Fsp3) is 0.500. The lowest BCUT2D eigenvalue weighted by molar-refractivity contribution is 0.0522. The van der Waals surface area contributed by atoms with Gasteiger partial charge in [-0.15, -0.1) is 10.2 Å². The number of H-pyrrole nitrogens is 1. The minimum absolute atomic E-state index is 0.123. The SMILES string of the molecule is CCOC(=O)c1c(C)[nH]c(C)c1C(=O)CSc1nnc(N2CCC(C)CC2)n1Cc1ccco1. The second-order valence-electron chi connectivity index (χ2n) is 8.67. The Bertz CT molecular complexity index is 1140. The van der Waals surface area contributed by atoms with E-state index in [4.69, 9.17) is 9.15 Å². The molecule has 0 radical (unpaired) electrons. The maximum atomic E-state index is 13.2. The number of esters is 1. The average Bonchev–Trinajstić information content (AvgIpc) is 3.53. The molecule has 9 nitrogen and oxygen atoms in total. The van der Waals surface area contributed by atoms with Crippen LogP contribution < -0.4 is 4.90 Å². The molecule has 1 aliphatic rings. The molecule has 0 aliphatic carbocycles. The molecule has 3 aromatic rings. The molecule has 0 amide bonds. The zero-order valence-electron chi connectivity index (χ0n) is 20.1. The molecule has 0 spiro atoms. The zero-order chi connectivity index (χ0) is 24.2. The Labute approximate surface area is 203 Å². The number of rotatable bonds is 9. The van der Waals surface area contributed by atoms with E-state index in [2.05, 4.69) is 27.0 Å². The molecule has 0 saturated carbocycles. The summed E-state index contributed by atoms with van der Waals surface area (Å²) in [4.78, 5) is 31.0. The molecule has 0 atom stereocenters. The van der Waals surface area contributed by atoms with E-state index >= 15 is 0 Å². The van der Waals surface area contributed by atoms with Crippen LogP contribution in [-0.2, 0) is 11.3 Å². The molecule has 1 fully saturated rings. The van der Waals surface area contributed by atoms with Gasteiger partial charge in [0, 0.05) is 24.5 Å². The van der Waals surface area contributed by atoms with E-state index in [0.717, 1.165) is 37.6 Å². The molecule has 3 aromatic heterocycles. The van der Waals surface area contributed by atoms with E-state index in [1.54, 1.807) is 27.0 Å². The summed E-state index contributed by atoms with van der Waals surface area (Å²) in [5.74, 6) is 1.76. The van der Waals surface area contributed by atoms with Gasteiger partial charge in [0.05, 0.1) is 36.3 Å². The number of nitrogens with one attached hydrogen (secondary N) is 1. The van der Waals surface area contributed by atoms with Crippen LogP contribution in [0.15, 0.2) is 28.0 Å². The molecule has 4 rings (SSSR count). The maximum absolute atomic E-state index is 13.2. The Hall–Kier alpha value is -3.01. The zero-order valence-corrected chi connectivity index (χ0v) is 20.9. The number of carbonyl (C=O) groups is 2. The lowest BCUT2D eigenvalue weighted by Crippen LogP contribution is -2.35. The summed E-state index contributed by atoms with van der Waals surface area (Å²) in [5.41, 5.74) is 1.98. The summed E-state index contributed by atoms with van der Waals surface area (Å²) in [6, 6.07) is 3.77. The van der Waals surface area contributed by atoms with Crippen molar-refractivity contribution in [3.05, 3.63) is 46.7 Å². The molecule has 0 bridgehead atoms. The van der Waals surface area contributed by atoms with E-state index in [1.165, 1.54) is 11.8 Å². The number of carbonyl (C=O) groups excluding carboxylic acids is 2. The summed E-state index contributed by atoms with van der Waals surface area (Å²) < 4.78 is 12.8. The molecular weight excluding hydrogens is 454 g/mol. The first-order valence-electron chi connectivity index (χ1n) is 11.6. The standard InChI is InChI=1S/C24H31N5O4S/c1-5-32-22(31)21-17(4)25-16(3)20(21)19(30)14-34-24-27-26-23(28-10-8-15(2)9-11-28)29(24)13-18-7-6-12-33-18/h6-7,12,15,25H,5,8-11,13-14H2,1-4H3. The number of hydrogen-bond acceptors (Lipinski definition) is 8. The van der Waals surface area contributed by atoms with Gasteiger partial charge in [-0.1, -0.05) is 18.7 Å². The number of furan rings is 1. The van der Waals surface area contributed by atoms with Crippen molar-refractivity contribution in [2.45, 2.75) is 52.2 Å². The Morgan fingerprint density at radius 2 is 1.94 bits per heavy atom. The number of aromatic amines is 1. The van der Waals surface area contributed by atoms with Crippen LogP contribution in [0, 0.1) is 19.8 Å². The van der Waals surface area contributed by atoms with Crippen LogP contribution in [0.1, 0.15) is 64.6 Å². The normalized spacial score (nSPS) is 14.5. The lowest BCUT2D eigenvalue weighted by atomic mass is 10.00. The van der Waals surface area contributed by atoms with Crippen molar-refractivity contribution in [1.82, 2.24) is 19.7 Å². The summed E-state index contributed by atoms with van der Waals surface area (Å²) in [5, 5.41) is 9.52. The number of piperidine rings is 1. The molecule has 1 saturated heterocycles. The van der Waals surface area contributed by atoms with Gasteiger partial charge >= 0.3 is 5.97 Å². The number of aryl methyl sites for hydroxylation is 2. The monoisotopic (exact) mass is 485 g/mol. The van der Waals surface area contributed by atoms with E-state index in [0.29, 0.717) is 40.1 Å². The van der Waals surface area contributed by atoms with Gasteiger partial charge in [0.25, 0.3) is 0 Å². The van der Waals surface area contributed by atoms with Crippen molar-refractivity contribution in [2.75, 3.05) is 30.3 Å². The van der Waals surface area contributed by atoms with Gasteiger partial charge in [0.15, 0.2) is 10.9 Å². The van der Waals surface area contributed by atoms with Gasteiger partial charge in [-0.3, -0.25) is 9.36 Å². The van der Waals surface area contributed by atoms with Crippen molar-refractivity contribution in [2.24, 2.45) is 5.92 Å². The molecule has 1 aliphatic heterocycles. The number of anilines is 1. The number of ether oxygens (including phenoxy) is 1. The molecule has 10 heteroatoms. The smallest absolute Gasteiger partial charge is 0.340 e. The Morgan fingerprint density at radius 3 is 2.62 bits per heavy atom. The lowest BCUT2D eigenvalue weighted by Gasteiger charge is -2.31. The van der Waals surface area contributed by atoms with Crippen molar-refractivity contribution in [1.29, 1.82) is 0 Å². The van der Waals surface area contributed by atoms with Crippen LogP contribution in [0.5, 0.6) is 0 Å². The van der Waals surface area contributed by atoms with E-state index in [-0.39, 0.29) is 18.1 Å². The molecule has 4 heterocycles. The minimum Gasteiger partial charge on any atom is -0.467 e. The predicted molar refractivity (Wildman–Crippen MR) is 130 cm³/mol. The third kappa shape index (κ3) is 5.06. The van der Waals surface area contributed by atoms with Crippen molar-refractivity contribution < 1.29 is 18.7 Å². The highest BCUT2D eigenvalue weighted by molar-refractivity contribution is 7.99. The van der Waals surface area contributed by atoms with Crippen molar-refractivity contribution >= 4 is 29.5 Å². The number of ketones is 1. The van der Waals surface area contributed by atoms with E-state index in [1.807, 2.05) is 16.7 Å². The topological polar surface area (TPSA) is 106 Å². The highest BCUT2D eigenvalue weighted by Gasteiger charge is 2.27. The Morgan fingerprint density at radius 1 is 1.21 bits per heavy atom. The summed E-state index contributed by atoms with van der Waals surface area (Å²) in [7, 11) is 0. The Kier molecular flexibility index (Phi) is 7.45. The van der Waals surface area contributed by atoms with Crippen molar-refractivity contribution in [3.8, 4) is 0 Å². The quantitative estimate of drug-likeness (QED) is 0.272. The highest BCUT2D eigenvalue weighted by Crippen LogP contribution is 2.29. The summed E-state index contributed by atoms with van der Waals surface area (Å²) in [6.07, 6.45) is 3.86. The molecule has 34 heavy (non-hydrogen) atoms. The van der Waals surface area contributed by atoms with Gasteiger partial charge in [0.1, 0.15) is 5.76 Å².